The van der Waals surface area contributed by atoms with Crippen molar-refractivity contribution in [2.24, 2.45) is 5.92 Å². The van der Waals surface area contributed by atoms with Gasteiger partial charge in [0.25, 0.3) is 0 Å². The molecule has 1 amide bonds. The molecule has 2 rings (SSSR count). The number of sulfonamides is 1. The Hall–Kier alpha value is -1.93. The molecule has 2 atom stereocenters. The molecule has 1 aromatic rings. The lowest BCUT2D eigenvalue weighted by Crippen LogP contribution is -2.39. The summed E-state index contributed by atoms with van der Waals surface area (Å²) in [5.74, 6) is -2.36. The third-order valence-corrected chi connectivity index (χ3v) is 4.37. The summed E-state index contributed by atoms with van der Waals surface area (Å²) >= 11 is 0. The Morgan fingerprint density at radius 1 is 1.27 bits per heavy atom. The minimum atomic E-state index is -3.46. The van der Waals surface area contributed by atoms with Gasteiger partial charge in [0.2, 0.25) is 15.9 Å². The summed E-state index contributed by atoms with van der Waals surface area (Å²) in [5.41, 5.74) is 0.862. The predicted octanol–water partition coefficient (Wildman–Crippen LogP) is -0.138. The second-order valence-electron chi connectivity index (χ2n) is 5.35. The van der Waals surface area contributed by atoms with Crippen LogP contribution in [0, 0.1) is 5.92 Å². The number of hydrogen-bond acceptors (Lipinski definition) is 4. The molecule has 7 nitrogen and oxygen atoms in total. The Labute approximate surface area is 129 Å². The SMILES string of the molecule is CS(=O)(=O)NCC(=O)N1C[C@@H](C(=O)O)[C@H](c2ccccc2)C1. The topological polar surface area (TPSA) is 104 Å². The van der Waals surface area contributed by atoms with Crippen LogP contribution in [0.3, 0.4) is 0 Å². The van der Waals surface area contributed by atoms with Gasteiger partial charge in [-0.2, -0.15) is 0 Å². The highest BCUT2D eigenvalue weighted by Gasteiger charge is 2.40. The average Bonchev–Trinajstić information content (AvgIpc) is 2.90. The van der Waals surface area contributed by atoms with Crippen LogP contribution in [-0.4, -0.2) is 56.2 Å². The molecule has 1 saturated heterocycles. The summed E-state index contributed by atoms with van der Waals surface area (Å²) in [6.45, 7) is -0.00287. The third kappa shape index (κ3) is 4.05. The van der Waals surface area contributed by atoms with Crippen LogP contribution in [0.4, 0.5) is 0 Å². The maximum absolute atomic E-state index is 12.0. The van der Waals surface area contributed by atoms with E-state index < -0.39 is 27.8 Å². The van der Waals surface area contributed by atoms with Gasteiger partial charge in [-0.25, -0.2) is 13.1 Å². The first-order valence-corrected chi connectivity index (χ1v) is 8.67. The summed E-state index contributed by atoms with van der Waals surface area (Å²) < 4.78 is 24.2. The van der Waals surface area contributed by atoms with Crippen LogP contribution in [0.15, 0.2) is 30.3 Å². The van der Waals surface area contributed by atoms with Crippen LogP contribution in [-0.2, 0) is 19.6 Å². The van der Waals surface area contributed by atoms with Gasteiger partial charge in [-0.05, 0) is 5.56 Å². The Kier molecular flexibility index (Phi) is 4.82. The van der Waals surface area contributed by atoms with Gasteiger partial charge in [0, 0.05) is 19.0 Å². The molecule has 0 radical (unpaired) electrons. The molecule has 1 aliphatic heterocycles. The number of carboxylic acid groups (broad SMARTS) is 1. The molecular weight excluding hydrogens is 308 g/mol. The van der Waals surface area contributed by atoms with Crippen molar-refractivity contribution in [3.05, 3.63) is 35.9 Å². The van der Waals surface area contributed by atoms with Crippen molar-refractivity contribution in [3.63, 3.8) is 0 Å². The molecule has 0 spiro atoms. The minimum absolute atomic E-state index is 0.0825. The molecule has 1 aliphatic rings. The Bertz CT molecular complexity index is 659. The van der Waals surface area contributed by atoms with Crippen molar-refractivity contribution in [1.29, 1.82) is 0 Å². The van der Waals surface area contributed by atoms with Gasteiger partial charge in [-0.1, -0.05) is 30.3 Å². The third-order valence-electron chi connectivity index (χ3n) is 3.70. The van der Waals surface area contributed by atoms with Gasteiger partial charge < -0.3 is 10.0 Å². The van der Waals surface area contributed by atoms with Crippen molar-refractivity contribution in [2.75, 3.05) is 25.9 Å². The number of carboxylic acids is 1. The Balaban J connectivity index is 2.11. The zero-order valence-electron chi connectivity index (χ0n) is 12.1. The number of likely N-dealkylation sites (tertiary alicyclic amines) is 1. The Morgan fingerprint density at radius 3 is 2.45 bits per heavy atom. The van der Waals surface area contributed by atoms with Crippen molar-refractivity contribution < 1.29 is 23.1 Å². The van der Waals surface area contributed by atoms with E-state index in [1.54, 1.807) is 0 Å². The lowest BCUT2D eigenvalue weighted by Gasteiger charge is -2.16. The smallest absolute Gasteiger partial charge is 0.308 e. The van der Waals surface area contributed by atoms with E-state index >= 15 is 0 Å². The molecule has 2 N–H and O–H groups in total. The summed E-state index contributed by atoms with van der Waals surface area (Å²) in [6.07, 6.45) is 0.969. The van der Waals surface area contributed by atoms with E-state index in [0.717, 1.165) is 11.8 Å². The van der Waals surface area contributed by atoms with Gasteiger partial charge in [0.15, 0.2) is 0 Å². The monoisotopic (exact) mass is 326 g/mol. The van der Waals surface area contributed by atoms with Crippen LogP contribution < -0.4 is 4.72 Å². The maximum atomic E-state index is 12.0. The zero-order chi connectivity index (χ0) is 16.3. The van der Waals surface area contributed by atoms with Crippen molar-refractivity contribution in [2.45, 2.75) is 5.92 Å². The fourth-order valence-corrected chi connectivity index (χ4v) is 2.99. The number of carbonyl (C=O) groups excluding carboxylic acids is 1. The van der Waals surface area contributed by atoms with E-state index in [4.69, 9.17) is 0 Å². The van der Waals surface area contributed by atoms with Crippen LogP contribution >= 0.6 is 0 Å². The van der Waals surface area contributed by atoms with Crippen LogP contribution in [0.2, 0.25) is 0 Å². The molecule has 22 heavy (non-hydrogen) atoms. The van der Waals surface area contributed by atoms with E-state index in [-0.39, 0.29) is 25.6 Å². The summed E-state index contributed by atoms with van der Waals surface area (Å²) in [6, 6.07) is 9.16. The van der Waals surface area contributed by atoms with E-state index in [9.17, 15) is 23.1 Å². The fraction of sp³-hybridized carbons (Fsp3) is 0.429. The number of nitrogens with one attached hydrogen (secondary N) is 1. The fourth-order valence-electron chi connectivity index (χ4n) is 2.60. The number of rotatable bonds is 5. The largest absolute Gasteiger partial charge is 0.481 e. The number of nitrogens with zero attached hydrogens (tertiary/aromatic N) is 1. The molecule has 0 bridgehead atoms. The Morgan fingerprint density at radius 2 is 1.91 bits per heavy atom. The summed E-state index contributed by atoms with van der Waals surface area (Å²) in [7, 11) is -3.46. The van der Waals surface area contributed by atoms with E-state index in [1.807, 2.05) is 30.3 Å². The number of carbonyl (C=O) groups is 2. The van der Waals surface area contributed by atoms with Gasteiger partial charge in [-0.15, -0.1) is 0 Å². The highest BCUT2D eigenvalue weighted by atomic mass is 32.2. The number of benzene rings is 1. The number of hydrogen-bond donors (Lipinski definition) is 2. The summed E-state index contributed by atoms with van der Waals surface area (Å²) in [4.78, 5) is 24.9. The first-order valence-electron chi connectivity index (χ1n) is 6.78. The standard InChI is InChI=1S/C14H18N2O5S/c1-22(20,21)15-7-13(17)16-8-11(12(9-16)14(18)19)10-5-3-2-4-6-10/h2-6,11-12,15H,7-9H2,1H3,(H,18,19)/t11-,12+/m0/s1. The van der Waals surface area contributed by atoms with Gasteiger partial charge >= 0.3 is 5.97 Å². The van der Waals surface area contributed by atoms with E-state index in [1.165, 1.54) is 4.90 Å². The molecule has 1 fully saturated rings. The molecule has 1 aromatic carbocycles. The van der Waals surface area contributed by atoms with E-state index in [2.05, 4.69) is 4.72 Å². The first-order chi connectivity index (χ1) is 10.3. The zero-order valence-corrected chi connectivity index (χ0v) is 12.9. The molecule has 0 aromatic heterocycles. The lowest BCUT2D eigenvalue weighted by molar-refractivity contribution is -0.141. The van der Waals surface area contributed by atoms with Crippen molar-refractivity contribution in [3.8, 4) is 0 Å². The molecule has 8 heteroatoms. The molecule has 0 unspecified atom stereocenters. The van der Waals surface area contributed by atoms with Crippen LogP contribution in [0.5, 0.6) is 0 Å². The van der Waals surface area contributed by atoms with Gasteiger partial charge in [0.05, 0.1) is 18.7 Å². The van der Waals surface area contributed by atoms with Gasteiger partial charge in [-0.3, -0.25) is 9.59 Å². The maximum Gasteiger partial charge on any atom is 0.308 e. The summed E-state index contributed by atoms with van der Waals surface area (Å²) in [5, 5.41) is 9.35. The second-order valence-corrected chi connectivity index (χ2v) is 7.19. The van der Waals surface area contributed by atoms with Crippen LogP contribution in [0.25, 0.3) is 0 Å². The minimum Gasteiger partial charge on any atom is -0.481 e. The molecule has 0 saturated carbocycles. The van der Waals surface area contributed by atoms with Gasteiger partial charge in [0.1, 0.15) is 0 Å². The number of amides is 1. The molecule has 120 valence electrons. The highest BCUT2D eigenvalue weighted by Crippen LogP contribution is 2.32. The highest BCUT2D eigenvalue weighted by molar-refractivity contribution is 7.88. The number of aliphatic carboxylic acids is 1. The first kappa shape index (κ1) is 16.4. The quantitative estimate of drug-likeness (QED) is 0.784. The predicted molar refractivity (Wildman–Crippen MR) is 79.7 cm³/mol. The average molecular weight is 326 g/mol. The van der Waals surface area contributed by atoms with Crippen molar-refractivity contribution in [1.82, 2.24) is 9.62 Å². The van der Waals surface area contributed by atoms with E-state index in [0.29, 0.717) is 0 Å². The van der Waals surface area contributed by atoms with Crippen LogP contribution in [0.1, 0.15) is 11.5 Å². The van der Waals surface area contributed by atoms with Crippen molar-refractivity contribution >= 4 is 21.9 Å². The molecule has 1 heterocycles. The lowest BCUT2D eigenvalue weighted by atomic mass is 9.89. The molecular formula is C14H18N2O5S. The normalized spacial score (nSPS) is 21.8. The molecule has 0 aliphatic carbocycles. The second kappa shape index (κ2) is 6.45.